The SMILES string of the molecule is Cc1ccc(NS(=O)(=O)c2cc(S(C)(=O)=O)cc3c2OCC(=O)N3)cc1. The number of carbonyl (C=O) groups is 1. The molecule has 0 aliphatic carbocycles. The quantitative estimate of drug-likeness (QED) is 0.809. The summed E-state index contributed by atoms with van der Waals surface area (Å²) in [4.78, 5) is 10.9. The summed E-state index contributed by atoms with van der Waals surface area (Å²) < 4.78 is 57.1. The molecule has 0 saturated heterocycles. The Balaban J connectivity index is 2.14. The van der Waals surface area contributed by atoms with Crippen LogP contribution < -0.4 is 14.8 Å². The minimum absolute atomic E-state index is 0.00606. The Morgan fingerprint density at radius 3 is 2.35 bits per heavy atom. The Labute approximate surface area is 151 Å². The lowest BCUT2D eigenvalue weighted by Gasteiger charge is -2.22. The summed E-state index contributed by atoms with van der Waals surface area (Å²) in [5.41, 5.74) is 1.26. The smallest absolute Gasteiger partial charge is 0.265 e. The third-order valence-corrected chi connectivity index (χ3v) is 6.15. The number of ether oxygens (including phenoxy) is 1. The second-order valence-electron chi connectivity index (χ2n) is 5.88. The molecule has 0 radical (unpaired) electrons. The van der Waals surface area contributed by atoms with Crippen LogP contribution in [-0.2, 0) is 24.7 Å². The summed E-state index contributed by atoms with van der Waals surface area (Å²) in [7, 11) is -7.87. The van der Waals surface area contributed by atoms with Crippen molar-refractivity contribution < 1.29 is 26.4 Å². The minimum Gasteiger partial charge on any atom is -0.480 e. The van der Waals surface area contributed by atoms with Crippen molar-refractivity contribution in [2.45, 2.75) is 16.7 Å². The number of hydrogen-bond acceptors (Lipinski definition) is 6. The highest BCUT2D eigenvalue weighted by Crippen LogP contribution is 2.38. The molecule has 0 bridgehead atoms. The first-order chi connectivity index (χ1) is 12.1. The van der Waals surface area contributed by atoms with Crippen molar-refractivity contribution in [1.82, 2.24) is 0 Å². The van der Waals surface area contributed by atoms with Gasteiger partial charge in [-0.05, 0) is 31.2 Å². The van der Waals surface area contributed by atoms with Crippen LogP contribution >= 0.6 is 0 Å². The van der Waals surface area contributed by atoms with Crippen molar-refractivity contribution in [3.05, 3.63) is 42.0 Å². The van der Waals surface area contributed by atoms with Crippen LogP contribution in [0.15, 0.2) is 46.2 Å². The zero-order valence-electron chi connectivity index (χ0n) is 13.9. The molecular weight excluding hydrogens is 380 g/mol. The van der Waals surface area contributed by atoms with E-state index in [0.29, 0.717) is 5.69 Å². The zero-order chi connectivity index (χ0) is 19.1. The third kappa shape index (κ3) is 3.65. The molecule has 0 saturated carbocycles. The van der Waals surface area contributed by atoms with E-state index >= 15 is 0 Å². The van der Waals surface area contributed by atoms with Gasteiger partial charge in [0.2, 0.25) is 0 Å². The van der Waals surface area contributed by atoms with Crippen molar-refractivity contribution in [2.75, 3.05) is 22.9 Å². The van der Waals surface area contributed by atoms with Gasteiger partial charge in [-0.25, -0.2) is 16.8 Å². The first kappa shape index (κ1) is 18.2. The van der Waals surface area contributed by atoms with E-state index in [1.165, 1.54) is 6.07 Å². The third-order valence-electron chi connectivity index (χ3n) is 3.67. The van der Waals surface area contributed by atoms with Gasteiger partial charge in [0.25, 0.3) is 15.9 Å². The molecule has 0 atom stereocenters. The number of hydrogen-bond donors (Lipinski definition) is 2. The number of benzene rings is 2. The Morgan fingerprint density at radius 1 is 1.08 bits per heavy atom. The van der Waals surface area contributed by atoms with Gasteiger partial charge in [0.15, 0.2) is 22.2 Å². The molecule has 26 heavy (non-hydrogen) atoms. The van der Waals surface area contributed by atoms with Gasteiger partial charge in [-0.3, -0.25) is 9.52 Å². The van der Waals surface area contributed by atoms with Gasteiger partial charge >= 0.3 is 0 Å². The van der Waals surface area contributed by atoms with Gasteiger partial charge in [0.05, 0.1) is 10.6 Å². The van der Waals surface area contributed by atoms with Gasteiger partial charge in [-0.15, -0.1) is 0 Å². The van der Waals surface area contributed by atoms with Crippen molar-refractivity contribution in [1.29, 1.82) is 0 Å². The predicted molar refractivity (Wildman–Crippen MR) is 95.7 cm³/mol. The average Bonchev–Trinajstić information content (AvgIpc) is 2.54. The van der Waals surface area contributed by atoms with Gasteiger partial charge in [-0.2, -0.15) is 0 Å². The summed E-state index contributed by atoms with van der Waals surface area (Å²) >= 11 is 0. The van der Waals surface area contributed by atoms with Crippen molar-refractivity contribution in [3.8, 4) is 5.75 Å². The standard InChI is InChI=1S/C16H16N2O6S2/c1-10-3-5-11(6-4-10)18-26(22,23)14-8-12(25(2,20)21)7-13-16(14)24-9-15(19)17-13/h3-8,18H,9H2,1-2H3,(H,17,19). The van der Waals surface area contributed by atoms with Crippen molar-refractivity contribution >= 4 is 37.1 Å². The molecule has 0 fully saturated rings. The van der Waals surface area contributed by atoms with Gasteiger partial charge < -0.3 is 10.1 Å². The Bertz CT molecular complexity index is 1090. The lowest BCUT2D eigenvalue weighted by atomic mass is 10.2. The largest absolute Gasteiger partial charge is 0.480 e. The van der Waals surface area contributed by atoms with Crippen LogP contribution in [0.25, 0.3) is 0 Å². The first-order valence-corrected chi connectivity index (χ1v) is 10.8. The molecule has 1 heterocycles. The highest BCUT2D eigenvalue weighted by atomic mass is 32.2. The molecule has 8 nitrogen and oxygen atoms in total. The normalized spacial score (nSPS) is 14.2. The second kappa shape index (κ2) is 6.29. The first-order valence-electron chi connectivity index (χ1n) is 7.46. The fourth-order valence-electron chi connectivity index (χ4n) is 2.39. The number of sulfonamides is 1. The Hall–Kier alpha value is -2.59. The maximum atomic E-state index is 12.8. The molecule has 138 valence electrons. The average molecular weight is 396 g/mol. The molecule has 0 aromatic heterocycles. The molecule has 2 N–H and O–H groups in total. The number of anilines is 2. The number of sulfone groups is 1. The van der Waals surface area contributed by atoms with Crippen LogP contribution in [0.3, 0.4) is 0 Å². The van der Waals surface area contributed by atoms with E-state index in [0.717, 1.165) is 17.9 Å². The highest BCUT2D eigenvalue weighted by molar-refractivity contribution is 7.93. The molecule has 3 rings (SSSR count). The molecule has 1 amide bonds. The number of amides is 1. The van der Waals surface area contributed by atoms with Crippen LogP contribution in [0.2, 0.25) is 0 Å². The number of rotatable bonds is 4. The number of aryl methyl sites for hydroxylation is 1. The van der Waals surface area contributed by atoms with E-state index in [9.17, 15) is 21.6 Å². The van der Waals surface area contributed by atoms with E-state index in [2.05, 4.69) is 10.0 Å². The summed E-state index contributed by atoms with van der Waals surface area (Å²) in [6.07, 6.45) is 0.948. The molecule has 10 heteroatoms. The highest BCUT2D eigenvalue weighted by Gasteiger charge is 2.29. The maximum Gasteiger partial charge on any atom is 0.265 e. The fraction of sp³-hybridized carbons (Fsp3) is 0.188. The number of nitrogens with one attached hydrogen (secondary N) is 2. The number of fused-ring (bicyclic) bond motifs is 1. The summed E-state index contributed by atoms with van der Waals surface area (Å²) in [6, 6.07) is 8.83. The van der Waals surface area contributed by atoms with Crippen molar-refractivity contribution in [2.24, 2.45) is 0 Å². The van der Waals surface area contributed by atoms with Crippen molar-refractivity contribution in [3.63, 3.8) is 0 Å². The monoisotopic (exact) mass is 396 g/mol. The molecule has 2 aromatic carbocycles. The molecule has 1 aliphatic heterocycles. The molecule has 0 unspecified atom stereocenters. The van der Waals surface area contributed by atoms with Gasteiger partial charge in [-0.1, -0.05) is 17.7 Å². The topological polar surface area (TPSA) is 119 Å². The lowest BCUT2D eigenvalue weighted by molar-refractivity contribution is -0.118. The second-order valence-corrected chi connectivity index (χ2v) is 9.55. The molecule has 0 spiro atoms. The van der Waals surface area contributed by atoms with E-state index in [1.807, 2.05) is 6.92 Å². The predicted octanol–water partition coefficient (Wildman–Crippen LogP) is 1.53. The summed E-state index contributed by atoms with van der Waals surface area (Å²) in [5, 5.41) is 2.44. The molecular formula is C16H16N2O6S2. The fourth-order valence-corrected chi connectivity index (χ4v) is 4.38. The Morgan fingerprint density at radius 2 is 1.73 bits per heavy atom. The number of carbonyl (C=O) groups excluding carboxylic acids is 1. The molecule has 2 aromatic rings. The Kier molecular flexibility index (Phi) is 4.41. The van der Waals surface area contributed by atoms with Gasteiger partial charge in [0, 0.05) is 11.9 Å². The van der Waals surface area contributed by atoms with Crippen LogP contribution in [0, 0.1) is 6.92 Å². The lowest BCUT2D eigenvalue weighted by Crippen LogP contribution is -2.27. The van der Waals surface area contributed by atoms with Crippen LogP contribution in [-0.4, -0.2) is 35.6 Å². The van der Waals surface area contributed by atoms with Crippen LogP contribution in [0.1, 0.15) is 5.56 Å². The zero-order valence-corrected chi connectivity index (χ0v) is 15.6. The van der Waals surface area contributed by atoms with E-state index in [1.54, 1.807) is 24.3 Å². The van der Waals surface area contributed by atoms with E-state index in [-0.39, 0.29) is 27.8 Å². The minimum atomic E-state index is -4.16. The van der Waals surface area contributed by atoms with Gasteiger partial charge in [0.1, 0.15) is 4.90 Å². The van der Waals surface area contributed by atoms with Crippen LogP contribution in [0.5, 0.6) is 5.75 Å². The van der Waals surface area contributed by atoms with E-state index < -0.39 is 25.8 Å². The maximum absolute atomic E-state index is 12.8. The van der Waals surface area contributed by atoms with Crippen LogP contribution in [0.4, 0.5) is 11.4 Å². The summed E-state index contributed by atoms with van der Waals surface area (Å²) in [5.74, 6) is -0.602. The summed E-state index contributed by atoms with van der Waals surface area (Å²) in [6.45, 7) is 1.50. The van der Waals surface area contributed by atoms with E-state index in [4.69, 9.17) is 4.74 Å². The molecule has 1 aliphatic rings.